The lowest BCUT2D eigenvalue weighted by Crippen LogP contribution is -2.24. The molecule has 0 unspecified atom stereocenters. The van der Waals surface area contributed by atoms with Gasteiger partial charge in [0.1, 0.15) is 34.1 Å². The van der Waals surface area contributed by atoms with Crippen molar-refractivity contribution in [1.29, 1.82) is 0 Å². The van der Waals surface area contributed by atoms with E-state index < -0.39 is 75.3 Å². The van der Waals surface area contributed by atoms with Crippen molar-refractivity contribution in [2.75, 3.05) is 12.8 Å². The fourth-order valence-electron chi connectivity index (χ4n) is 3.50. The molecule has 0 aliphatic carbocycles. The van der Waals surface area contributed by atoms with Crippen molar-refractivity contribution in [3.8, 4) is 16.9 Å². The van der Waals surface area contributed by atoms with Gasteiger partial charge in [-0.3, -0.25) is 9.48 Å². The third-order valence-corrected chi connectivity index (χ3v) is 5.74. The predicted molar refractivity (Wildman–Crippen MR) is 116 cm³/mol. The molecule has 0 radical (unpaired) electrons. The molecule has 0 bridgehead atoms. The van der Waals surface area contributed by atoms with Crippen LogP contribution in [0.1, 0.15) is 50.5 Å². The maximum atomic E-state index is 13.6. The standard InChI is InChI=1S/C20H15BrF4N4O6/c1-35-8-3-2-6(9-10(19(31)32)17(26)27-18(30)11(9)20(33)34)4-7(8)5-29-14(16(24)25)12(21)13(28-29)15(22)23/h2-4,15-16H,5H2,1H3,(H,31,32)(H,33,34)(H3,26,27,30). The number of ether oxygens (including phenoxy) is 1. The van der Waals surface area contributed by atoms with Crippen LogP contribution in [0.4, 0.5) is 23.4 Å². The van der Waals surface area contributed by atoms with Gasteiger partial charge in [-0.05, 0) is 33.6 Å². The summed E-state index contributed by atoms with van der Waals surface area (Å²) in [5, 5.41) is 22.7. The van der Waals surface area contributed by atoms with Crippen molar-refractivity contribution in [1.82, 2.24) is 14.8 Å². The first-order chi connectivity index (χ1) is 16.4. The van der Waals surface area contributed by atoms with Crippen LogP contribution in [0.5, 0.6) is 5.75 Å². The van der Waals surface area contributed by atoms with E-state index in [1.165, 1.54) is 25.3 Å². The van der Waals surface area contributed by atoms with Crippen molar-refractivity contribution in [2.45, 2.75) is 19.4 Å². The molecule has 0 fully saturated rings. The number of pyridine rings is 1. The molecule has 186 valence electrons. The van der Waals surface area contributed by atoms with Crippen LogP contribution >= 0.6 is 15.9 Å². The summed E-state index contributed by atoms with van der Waals surface area (Å²) >= 11 is 2.71. The fourth-order valence-corrected chi connectivity index (χ4v) is 4.13. The molecule has 0 amide bonds. The second-order valence-corrected chi connectivity index (χ2v) is 7.77. The Balaban J connectivity index is 2.29. The van der Waals surface area contributed by atoms with Gasteiger partial charge in [0.25, 0.3) is 18.4 Å². The Morgan fingerprint density at radius 3 is 2.31 bits per heavy atom. The number of rotatable bonds is 8. The maximum absolute atomic E-state index is 13.6. The molecule has 10 nitrogen and oxygen atoms in total. The summed E-state index contributed by atoms with van der Waals surface area (Å²) in [6, 6.07) is 3.65. The van der Waals surface area contributed by atoms with E-state index >= 15 is 0 Å². The minimum absolute atomic E-state index is 0.0363. The lowest BCUT2D eigenvalue weighted by atomic mass is 9.94. The third kappa shape index (κ3) is 4.71. The summed E-state index contributed by atoms with van der Waals surface area (Å²) in [6.07, 6.45) is -6.35. The average molecular weight is 563 g/mol. The molecule has 5 N–H and O–H groups in total. The largest absolute Gasteiger partial charge is 0.496 e. The SMILES string of the molecule is COc1ccc(-c2c(C(=O)O)c(N)[nH]c(=O)c2C(=O)O)cc1Cn1nc(C(F)F)c(Br)c1C(F)F. The Kier molecular flexibility index (Phi) is 7.19. The Labute approximate surface area is 201 Å². The number of nitrogens with one attached hydrogen (secondary N) is 1. The molecule has 0 saturated carbocycles. The molecule has 35 heavy (non-hydrogen) atoms. The van der Waals surface area contributed by atoms with Gasteiger partial charge in [0.15, 0.2) is 0 Å². The van der Waals surface area contributed by atoms with E-state index in [0.29, 0.717) is 4.68 Å². The molecule has 3 rings (SSSR count). The topological polar surface area (TPSA) is 161 Å². The van der Waals surface area contributed by atoms with E-state index in [1.54, 1.807) is 0 Å². The number of hydrogen-bond acceptors (Lipinski definition) is 6. The predicted octanol–water partition coefficient (Wildman–Crippen LogP) is 3.91. The number of methoxy groups -OCH3 is 1. The van der Waals surface area contributed by atoms with Crippen molar-refractivity contribution < 1.29 is 42.1 Å². The highest BCUT2D eigenvalue weighted by molar-refractivity contribution is 9.10. The number of anilines is 1. The van der Waals surface area contributed by atoms with Crippen LogP contribution in [-0.2, 0) is 6.54 Å². The number of carboxylic acid groups (broad SMARTS) is 2. The number of aromatic carboxylic acids is 2. The Bertz CT molecular complexity index is 1390. The number of H-pyrrole nitrogens is 1. The number of hydrogen-bond donors (Lipinski definition) is 4. The second kappa shape index (κ2) is 9.77. The van der Waals surface area contributed by atoms with Crippen LogP contribution in [0.15, 0.2) is 27.5 Å². The first-order valence-corrected chi connectivity index (χ1v) is 10.2. The van der Waals surface area contributed by atoms with Crippen molar-refractivity contribution in [2.24, 2.45) is 0 Å². The van der Waals surface area contributed by atoms with Crippen LogP contribution in [0.3, 0.4) is 0 Å². The van der Waals surface area contributed by atoms with E-state index in [4.69, 9.17) is 10.5 Å². The van der Waals surface area contributed by atoms with Gasteiger partial charge >= 0.3 is 11.9 Å². The summed E-state index contributed by atoms with van der Waals surface area (Å²) in [5.74, 6) is -3.95. The number of nitrogens with zero attached hydrogens (tertiary/aromatic N) is 2. The second-order valence-electron chi connectivity index (χ2n) is 6.97. The van der Waals surface area contributed by atoms with Gasteiger partial charge in [0.2, 0.25) is 0 Å². The molecule has 0 aliphatic rings. The number of halogens is 5. The minimum Gasteiger partial charge on any atom is -0.496 e. The molecule has 0 atom stereocenters. The number of alkyl halides is 4. The van der Waals surface area contributed by atoms with Gasteiger partial charge in [-0.25, -0.2) is 27.2 Å². The molecule has 3 aromatic rings. The number of carbonyl (C=O) groups is 2. The highest BCUT2D eigenvalue weighted by Gasteiger charge is 2.29. The van der Waals surface area contributed by atoms with E-state index in [2.05, 4.69) is 21.0 Å². The zero-order valence-electron chi connectivity index (χ0n) is 17.5. The molecule has 0 saturated heterocycles. The van der Waals surface area contributed by atoms with E-state index in [9.17, 15) is 42.2 Å². The van der Waals surface area contributed by atoms with E-state index in [0.717, 1.165) is 0 Å². The Morgan fingerprint density at radius 1 is 1.17 bits per heavy atom. The van der Waals surface area contributed by atoms with Crippen molar-refractivity contribution >= 4 is 33.7 Å². The molecule has 2 heterocycles. The van der Waals surface area contributed by atoms with Gasteiger partial charge in [-0.2, -0.15) is 5.10 Å². The zero-order chi connectivity index (χ0) is 26.2. The number of nitrogen functional groups attached to an aromatic ring is 1. The molecule has 15 heteroatoms. The molecule has 2 aromatic heterocycles. The summed E-state index contributed by atoms with van der Waals surface area (Å²) in [7, 11) is 1.23. The number of carboxylic acids is 2. The van der Waals surface area contributed by atoms with Gasteiger partial charge in [0.05, 0.1) is 18.1 Å². The summed E-state index contributed by atoms with van der Waals surface area (Å²) in [4.78, 5) is 37.8. The average Bonchev–Trinajstić information content (AvgIpc) is 3.08. The zero-order valence-corrected chi connectivity index (χ0v) is 19.1. The molecule has 0 spiro atoms. The third-order valence-electron chi connectivity index (χ3n) is 4.93. The highest BCUT2D eigenvalue weighted by Crippen LogP contribution is 2.37. The molecule has 1 aromatic carbocycles. The number of aromatic amines is 1. The smallest absolute Gasteiger partial charge is 0.342 e. The number of benzene rings is 1. The Morgan fingerprint density at radius 2 is 1.80 bits per heavy atom. The van der Waals surface area contributed by atoms with E-state index in [1.807, 2.05) is 4.98 Å². The first-order valence-electron chi connectivity index (χ1n) is 9.40. The fraction of sp³-hybridized carbons (Fsp3) is 0.200. The monoisotopic (exact) mass is 562 g/mol. The summed E-state index contributed by atoms with van der Waals surface area (Å²) in [5.41, 5.74) is 0.404. The van der Waals surface area contributed by atoms with Crippen LogP contribution < -0.4 is 16.0 Å². The summed E-state index contributed by atoms with van der Waals surface area (Å²) in [6.45, 7) is -0.550. The lowest BCUT2D eigenvalue weighted by Gasteiger charge is -2.16. The van der Waals surface area contributed by atoms with Crippen molar-refractivity contribution in [3.63, 3.8) is 0 Å². The van der Waals surface area contributed by atoms with Crippen molar-refractivity contribution in [3.05, 3.63) is 61.1 Å². The van der Waals surface area contributed by atoms with Gasteiger partial charge in [0, 0.05) is 11.1 Å². The normalized spacial score (nSPS) is 11.3. The van der Waals surface area contributed by atoms with Gasteiger partial charge in [-0.1, -0.05) is 6.07 Å². The highest BCUT2D eigenvalue weighted by atomic mass is 79.9. The molecular weight excluding hydrogens is 548 g/mol. The van der Waals surface area contributed by atoms with Crippen LogP contribution in [0.2, 0.25) is 0 Å². The first kappa shape index (κ1) is 25.7. The quantitative estimate of drug-likeness (QED) is 0.300. The lowest BCUT2D eigenvalue weighted by molar-refractivity contribution is 0.0695. The maximum Gasteiger partial charge on any atom is 0.342 e. The van der Waals surface area contributed by atoms with Crippen LogP contribution in [0, 0.1) is 0 Å². The summed E-state index contributed by atoms with van der Waals surface area (Å²) < 4.78 is 58.9. The van der Waals surface area contributed by atoms with Crippen LogP contribution in [0.25, 0.3) is 11.1 Å². The number of aromatic nitrogens is 3. The van der Waals surface area contributed by atoms with Gasteiger partial charge < -0.3 is 25.7 Å². The van der Waals surface area contributed by atoms with Crippen LogP contribution in [-0.4, -0.2) is 44.0 Å². The van der Waals surface area contributed by atoms with E-state index in [-0.39, 0.29) is 16.9 Å². The molecular formula is C20H15BrF4N4O6. The molecule has 0 aliphatic heterocycles. The minimum atomic E-state index is -3.19. The number of nitrogens with two attached hydrogens (primary N) is 1. The Hall–Kier alpha value is -3.88. The van der Waals surface area contributed by atoms with Gasteiger partial charge in [-0.15, -0.1) is 0 Å².